The third-order valence-electron chi connectivity index (χ3n) is 2.62. The zero-order valence-corrected chi connectivity index (χ0v) is 10.4. The molecule has 1 heterocycles. The Morgan fingerprint density at radius 3 is 2.88 bits per heavy atom. The summed E-state index contributed by atoms with van der Waals surface area (Å²) in [4.78, 5) is 10.5. The predicted molar refractivity (Wildman–Crippen MR) is 63.1 cm³/mol. The highest BCUT2D eigenvalue weighted by Crippen LogP contribution is 2.23. The van der Waals surface area contributed by atoms with E-state index in [2.05, 4.69) is 31.1 Å². The standard InChI is InChI=1S/C12H21N3O/c1-4-5-7-15-10-11(13-14-15)9-12(2,3)6-8-16/h8,10H,4-7,9H2,1-3H3. The van der Waals surface area contributed by atoms with E-state index >= 15 is 0 Å². The molecule has 0 aliphatic carbocycles. The van der Waals surface area contributed by atoms with Crippen LogP contribution in [0.2, 0.25) is 0 Å². The molecule has 0 N–H and O–H groups in total. The number of aldehydes is 1. The zero-order valence-electron chi connectivity index (χ0n) is 10.4. The Bertz CT molecular complexity index is 331. The van der Waals surface area contributed by atoms with Gasteiger partial charge < -0.3 is 4.79 Å². The third kappa shape index (κ3) is 4.13. The first-order valence-corrected chi connectivity index (χ1v) is 5.90. The zero-order chi connectivity index (χ0) is 12.0. The number of rotatable bonds is 7. The number of carbonyl (C=O) groups is 1. The molecular weight excluding hydrogens is 202 g/mol. The molecule has 0 aliphatic heterocycles. The van der Waals surface area contributed by atoms with Gasteiger partial charge in [-0.05, 0) is 18.3 Å². The fraction of sp³-hybridized carbons (Fsp3) is 0.750. The van der Waals surface area contributed by atoms with Gasteiger partial charge in [0.2, 0.25) is 0 Å². The van der Waals surface area contributed by atoms with Crippen molar-refractivity contribution in [2.24, 2.45) is 5.41 Å². The minimum Gasteiger partial charge on any atom is -0.303 e. The number of hydrogen-bond acceptors (Lipinski definition) is 3. The quantitative estimate of drug-likeness (QED) is 0.666. The predicted octanol–water partition coefficient (Wildman–Crippen LogP) is 2.24. The van der Waals surface area contributed by atoms with Crippen molar-refractivity contribution in [2.45, 2.75) is 53.0 Å². The molecule has 0 saturated carbocycles. The van der Waals surface area contributed by atoms with Crippen LogP contribution >= 0.6 is 0 Å². The van der Waals surface area contributed by atoms with E-state index in [1.165, 1.54) is 0 Å². The highest BCUT2D eigenvalue weighted by atomic mass is 16.1. The van der Waals surface area contributed by atoms with E-state index in [4.69, 9.17) is 0 Å². The van der Waals surface area contributed by atoms with Crippen molar-refractivity contribution in [3.8, 4) is 0 Å². The smallest absolute Gasteiger partial charge is 0.120 e. The second-order valence-electron chi connectivity index (χ2n) is 5.04. The molecule has 16 heavy (non-hydrogen) atoms. The average molecular weight is 223 g/mol. The molecule has 0 bridgehead atoms. The Morgan fingerprint density at radius 2 is 2.25 bits per heavy atom. The van der Waals surface area contributed by atoms with Crippen LogP contribution in [0.1, 0.15) is 45.7 Å². The summed E-state index contributed by atoms with van der Waals surface area (Å²) in [6.45, 7) is 7.24. The summed E-state index contributed by atoms with van der Waals surface area (Å²) in [6, 6.07) is 0. The Balaban J connectivity index is 2.54. The maximum atomic E-state index is 10.5. The minimum absolute atomic E-state index is 0.0205. The summed E-state index contributed by atoms with van der Waals surface area (Å²) in [5, 5.41) is 8.21. The summed E-state index contributed by atoms with van der Waals surface area (Å²) in [5.74, 6) is 0. The molecule has 4 heteroatoms. The molecule has 1 rings (SSSR count). The second-order valence-corrected chi connectivity index (χ2v) is 5.04. The summed E-state index contributed by atoms with van der Waals surface area (Å²) < 4.78 is 1.88. The molecule has 1 aromatic rings. The summed E-state index contributed by atoms with van der Waals surface area (Å²) >= 11 is 0. The van der Waals surface area contributed by atoms with Crippen LogP contribution < -0.4 is 0 Å². The summed E-state index contributed by atoms with van der Waals surface area (Å²) in [5.41, 5.74) is 0.954. The number of hydrogen-bond donors (Lipinski definition) is 0. The van der Waals surface area contributed by atoms with Gasteiger partial charge in [0.15, 0.2) is 0 Å². The van der Waals surface area contributed by atoms with Gasteiger partial charge in [-0.25, -0.2) is 0 Å². The number of aromatic nitrogens is 3. The van der Waals surface area contributed by atoms with E-state index in [1.807, 2.05) is 10.9 Å². The van der Waals surface area contributed by atoms with Crippen LogP contribution in [0.5, 0.6) is 0 Å². The second kappa shape index (κ2) is 5.77. The molecule has 0 saturated heterocycles. The summed E-state index contributed by atoms with van der Waals surface area (Å²) in [7, 11) is 0. The van der Waals surface area contributed by atoms with Crippen LogP contribution in [0.3, 0.4) is 0 Å². The highest BCUT2D eigenvalue weighted by Gasteiger charge is 2.19. The first kappa shape index (κ1) is 12.9. The van der Waals surface area contributed by atoms with Gasteiger partial charge in [0.1, 0.15) is 6.29 Å². The lowest BCUT2D eigenvalue weighted by atomic mass is 9.85. The SMILES string of the molecule is CCCCn1cc(CC(C)(C)CC=O)nn1. The van der Waals surface area contributed by atoms with Crippen LogP contribution in [0, 0.1) is 5.41 Å². The third-order valence-corrected chi connectivity index (χ3v) is 2.62. The number of aryl methyl sites for hydroxylation is 1. The largest absolute Gasteiger partial charge is 0.303 e. The molecule has 90 valence electrons. The van der Waals surface area contributed by atoms with Crippen molar-refractivity contribution in [3.05, 3.63) is 11.9 Å². The monoisotopic (exact) mass is 223 g/mol. The van der Waals surface area contributed by atoms with Gasteiger partial charge in [-0.15, -0.1) is 5.10 Å². The first-order valence-electron chi connectivity index (χ1n) is 5.90. The van der Waals surface area contributed by atoms with Crippen LogP contribution in [-0.2, 0) is 17.8 Å². The van der Waals surface area contributed by atoms with Gasteiger partial charge in [-0.1, -0.05) is 32.4 Å². The Labute approximate surface area is 97.0 Å². The van der Waals surface area contributed by atoms with Crippen molar-refractivity contribution in [2.75, 3.05) is 0 Å². The van der Waals surface area contributed by atoms with Crippen molar-refractivity contribution < 1.29 is 4.79 Å². The lowest BCUT2D eigenvalue weighted by Gasteiger charge is -2.19. The molecule has 0 amide bonds. The lowest BCUT2D eigenvalue weighted by Crippen LogP contribution is -2.15. The van der Waals surface area contributed by atoms with Crippen LogP contribution in [0.25, 0.3) is 0 Å². The average Bonchev–Trinajstić information content (AvgIpc) is 2.61. The molecule has 0 aliphatic rings. The lowest BCUT2D eigenvalue weighted by molar-refractivity contribution is -0.109. The number of unbranched alkanes of at least 4 members (excludes halogenated alkanes) is 1. The molecule has 0 spiro atoms. The Morgan fingerprint density at radius 1 is 1.50 bits per heavy atom. The molecule has 0 aromatic carbocycles. The van der Waals surface area contributed by atoms with E-state index in [1.54, 1.807) is 0 Å². The van der Waals surface area contributed by atoms with Crippen LogP contribution in [-0.4, -0.2) is 21.3 Å². The van der Waals surface area contributed by atoms with E-state index < -0.39 is 0 Å². The van der Waals surface area contributed by atoms with Crippen molar-refractivity contribution in [1.82, 2.24) is 15.0 Å². The normalized spacial score (nSPS) is 11.7. The minimum atomic E-state index is -0.0205. The molecule has 0 unspecified atom stereocenters. The topological polar surface area (TPSA) is 47.8 Å². The van der Waals surface area contributed by atoms with Crippen molar-refractivity contribution in [3.63, 3.8) is 0 Å². The first-order chi connectivity index (χ1) is 7.57. The van der Waals surface area contributed by atoms with Crippen LogP contribution in [0.4, 0.5) is 0 Å². The molecule has 4 nitrogen and oxygen atoms in total. The van der Waals surface area contributed by atoms with Gasteiger partial charge >= 0.3 is 0 Å². The Kier molecular flexibility index (Phi) is 4.65. The van der Waals surface area contributed by atoms with Gasteiger partial charge in [0.25, 0.3) is 0 Å². The molecule has 0 fully saturated rings. The van der Waals surface area contributed by atoms with E-state index in [0.29, 0.717) is 6.42 Å². The van der Waals surface area contributed by atoms with Gasteiger partial charge in [-0.3, -0.25) is 4.68 Å². The van der Waals surface area contributed by atoms with E-state index in [0.717, 1.165) is 37.8 Å². The van der Waals surface area contributed by atoms with Gasteiger partial charge in [-0.2, -0.15) is 0 Å². The summed E-state index contributed by atoms with van der Waals surface area (Å²) in [6.07, 6.45) is 6.61. The molecular formula is C12H21N3O. The van der Waals surface area contributed by atoms with Gasteiger partial charge in [0, 0.05) is 19.2 Å². The maximum Gasteiger partial charge on any atom is 0.120 e. The molecule has 0 atom stereocenters. The van der Waals surface area contributed by atoms with Crippen molar-refractivity contribution in [1.29, 1.82) is 0 Å². The van der Waals surface area contributed by atoms with Crippen molar-refractivity contribution >= 4 is 6.29 Å². The number of carbonyl (C=O) groups excluding carboxylic acids is 1. The van der Waals surface area contributed by atoms with Crippen LogP contribution in [0.15, 0.2) is 6.20 Å². The van der Waals surface area contributed by atoms with E-state index in [-0.39, 0.29) is 5.41 Å². The maximum absolute atomic E-state index is 10.5. The highest BCUT2D eigenvalue weighted by molar-refractivity contribution is 5.50. The Hall–Kier alpha value is -1.19. The fourth-order valence-corrected chi connectivity index (χ4v) is 1.64. The van der Waals surface area contributed by atoms with Gasteiger partial charge in [0.05, 0.1) is 5.69 Å². The fourth-order valence-electron chi connectivity index (χ4n) is 1.64. The number of nitrogens with zero attached hydrogens (tertiary/aromatic N) is 3. The molecule has 1 aromatic heterocycles. The van der Waals surface area contributed by atoms with E-state index in [9.17, 15) is 4.79 Å². The molecule has 0 radical (unpaired) electrons.